The predicted molar refractivity (Wildman–Crippen MR) is 145 cm³/mol. The minimum Gasteiger partial charge on any atom is -0.507 e. The summed E-state index contributed by atoms with van der Waals surface area (Å²) < 4.78 is 16.8. The lowest BCUT2D eigenvalue weighted by atomic mass is 9.93. The second kappa shape index (κ2) is 12.0. The average Bonchev–Trinajstić information content (AvgIpc) is 3.18. The van der Waals surface area contributed by atoms with Crippen molar-refractivity contribution in [2.75, 3.05) is 27.4 Å². The van der Waals surface area contributed by atoms with Gasteiger partial charge in [-0.25, -0.2) is 0 Å². The van der Waals surface area contributed by atoms with Gasteiger partial charge in [0.25, 0.3) is 11.7 Å². The molecule has 1 saturated heterocycles. The molecule has 1 atom stereocenters. The number of aryl methyl sites for hydroxylation is 2. The largest absolute Gasteiger partial charge is 0.507 e. The molecule has 1 amide bonds. The first kappa shape index (κ1) is 26.9. The highest BCUT2D eigenvalue weighted by Crippen LogP contribution is 2.42. The molecule has 0 radical (unpaired) electrons. The van der Waals surface area contributed by atoms with Gasteiger partial charge in [-0.05, 0) is 55.2 Å². The predicted octanol–water partition coefficient (Wildman–Crippen LogP) is 5.35. The third-order valence-electron chi connectivity index (χ3n) is 6.68. The average molecular weight is 516 g/mol. The second-order valence-electron chi connectivity index (χ2n) is 9.34. The van der Waals surface area contributed by atoms with Gasteiger partial charge >= 0.3 is 0 Å². The zero-order chi connectivity index (χ0) is 27.2. The van der Waals surface area contributed by atoms with Crippen molar-refractivity contribution < 1.29 is 28.9 Å². The number of methoxy groups -OCH3 is 2. The number of ether oxygens (including phenoxy) is 3. The molecule has 3 aromatic rings. The molecular weight excluding hydrogens is 482 g/mol. The maximum Gasteiger partial charge on any atom is 0.295 e. The number of aliphatic hydroxyl groups is 1. The summed E-state index contributed by atoms with van der Waals surface area (Å²) in [6.07, 6.45) is 0.541. The normalized spacial score (nSPS) is 16.6. The van der Waals surface area contributed by atoms with Crippen molar-refractivity contribution in [3.63, 3.8) is 0 Å². The third-order valence-corrected chi connectivity index (χ3v) is 6.68. The van der Waals surface area contributed by atoms with Gasteiger partial charge in [-0.1, -0.05) is 54.1 Å². The van der Waals surface area contributed by atoms with Gasteiger partial charge in [0, 0.05) is 25.8 Å². The van der Waals surface area contributed by atoms with Crippen molar-refractivity contribution in [1.29, 1.82) is 0 Å². The molecule has 4 rings (SSSR count). The number of amides is 1. The van der Waals surface area contributed by atoms with Crippen LogP contribution in [0, 0.1) is 13.8 Å². The molecule has 3 aromatic carbocycles. The molecule has 0 saturated carbocycles. The Morgan fingerprint density at radius 3 is 2.42 bits per heavy atom. The lowest BCUT2D eigenvalue weighted by Gasteiger charge is -2.26. The number of carbonyl (C=O) groups is 2. The molecule has 1 aliphatic rings. The van der Waals surface area contributed by atoms with Crippen molar-refractivity contribution in [1.82, 2.24) is 4.90 Å². The highest BCUT2D eigenvalue weighted by atomic mass is 16.5. The lowest BCUT2D eigenvalue weighted by molar-refractivity contribution is -0.140. The van der Waals surface area contributed by atoms with Gasteiger partial charge in [0.2, 0.25) is 0 Å². The number of aliphatic hydroxyl groups excluding tert-OH is 1. The van der Waals surface area contributed by atoms with Crippen LogP contribution in [0.25, 0.3) is 5.76 Å². The van der Waals surface area contributed by atoms with Crippen molar-refractivity contribution >= 4 is 17.4 Å². The van der Waals surface area contributed by atoms with Crippen LogP contribution in [-0.4, -0.2) is 49.1 Å². The van der Waals surface area contributed by atoms with E-state index in [2.05, 4.69) is 0 Å². The Hall–Kier alpha value is -4.10. The maximum absolute atomic E-state index is 13.3. The van der Waals surface area contributed by atoms with Gasteiger partial charge < -0.3 is 24.2 Å². The van der Waals surface area contributed by atoms with Crippen molar-refractivity contribution in [2.45, 2.75) is 32.9 Å². The molecule has 38 heavy (non-hydrogen) atoms. The number of nitrogens with zero attached hydrogens (tertiary/aromatic N) is 1. The summed E-state index contributed by atoms with van der Waals surface area (Å²) in [5, 5.41) is 11.4. The molecule has 1 aliphatic heterocycles. The fourth-order valence-corrected chi connectivity index (χ4v) is 4.68. The number of carbonyl (C=O) groups excluding carboxylic acids is 2. The molecule has 1 fully saturated rings. The van der Waals surface area contributed by atoms with Crippen LogP contribution in [0.1, 0.15) is 40.3 Å². The van der Waals surface area contributed by atoms with E-state index in [1.54, 1.807) is 32.4 Å². The second-order valence-corrected chi connectivity index (χ2v) is 9.34. The summed E-state index contributed by atoms with van der Waals surface area (Å²) in [6, 6.07) is 20.0. The number of benzene rings is 3. The third kappa shape index (κ3) is 5.58. The highest BCUT2D eigenvalue weighted by molar-refractivity contribution is 6.46. The number of Topliss-reactive ketones (excluding diaryl/α,β-unsaturated/α-hetero) is 1. The summed E-state index contributed by atoms with van der Waals surface area (Å²) in [5.41, 5.74) is 3.97. The van der Waals surface area contributed by atoms with Crippen LogP contribution in [-0.2, 0) is 20.9 Å². The maximum atomic E-state index is 13.3. The quantitative estimate of drug-likeness (QED) is 0.170. The fourth-order valence-electron chi connectivity index (χ4n) is 4.68. The number of rotatable bonds is 10. The van der Waals surface area contributed by atoms with Gasteiger partial charge in [-0.2, -0.15) is 0 Å². The van der Waals surface area contributed by atoms with E-state index in [4.69, 9.17) is 14.2 Å². The van der Waals surface area contributed by atoms with Gasteiger partial charge in [0.15, 0.2) is 11.5 Å². The molecule has 1 heterocycles. The molecule has 7 nitrogen and oxygen atoms in total. The summed E-state index contributed by atoms with van der Waals surface area (Å²) in [7, 11) is 3.13. The van der Waals surface area contributed by atoms with Gasteiger partial charge in [-0.15, -0.1) is 0 Å². The van der Waals surface area contributed by atoms with Crippen LogP contribution >= 0.6 is 0 Å². The smallest absolute Gasteiger partial charge is 0.295 e. The van der Waals surface area contributed by atoms with Crippen molar-refractivity contribution in [3.8, 4) is 11.5 Å². The standard InChI is InChI=1S/C31H33NO6/c1-20-11-12-21(2)24(17-20)29(33)27-28(32(15-8-16-36-3)31(35)30(27)34)23-13-14-25(26(18-23)37-4)38-19-22-9-6-5-7-10-22/h5-7,9-14,17-18,28,33H,8,15-16,19H2,1-4H3/b29-27+. The van der Waals surface area contributed by atoms with Gasteiger partial charge in [0.1, 0.15) is 12.4 Å². The zero-order valence-corrected chi connectivity index (χ0v) is 22.2. The monoisotopic (exact) mass is 515 g/mol. The molecule has 1 unspecified atom stereocenters. The van der Waals surface area contributed by atoms with Crippen LogP contribution in [0.5, 0.6) is 11.5 Å². The molecular formula is C31H33NO6. The Kier molecular flexibility index (Phi) is 8.48. The van der Waals surface area contributed by atoms with E-state index in [0.29, 0.717) is 48.8 Å². The Bertz CT molecular complexity index is 1350. The minimum atomic E-state index is -0.788. The first-order valence-electron chi connectivity index (χ1n) is 12.5. The summed E-state index contributed by atoms with van der Waals surface area (Å²) >= 11 is 0. The van der Waals surface area contributed by atoms with E-state index in [1.807, 2.05) is 62.4 Å². The van der Waals surface area contributed by atoms with Crippen LogP contribution in [0.15, 0.2) is 72.3 Å². The van der Waals surface area contributed by atoms with Crippen LogP contribution < -0.4 is 9.47 Å². The summed E-state index contributed by atoms with van der Waals surface area (Å²) in [6.45, 7) is 4.86. The number of likely N-dealkylation sites (tertiary alicyclic amines) is 1. The number of hydrogen-bond donors (Lipinski definition) is 1. The van der Waals surface area contributed by atoms with Crippen molar-refractivity contribution in [2.24, 2.45) is 0 Å². The molecule has 0 bridgehead atoms. The van der Waals surface area contributed by atoms with Crippen LogP contribution in [0.3, 0.4) is 0 Å². The Morgan fingerprint density at radius 2 is 1.71 bits per heavy atom. The first-order valence-corrected chi connectivity index (χ1v) is 12.5. The number of ketones is 1. The van der Waals surface area contributed by atoms with Gasteiger partial charge in [-0.3, -0.25) is 9.59 Å². The molecule has 0 spiro atoms. The topological polar surface area (TPSA) is 85.3 Å². The first-order chi connectivity index (χ1) is 18.3. The van der Waals surface area contributed by atoms with E-state index >= 15 is 0 Å². The summed E-state index contributed by atoms with van der Waals surface area (Å²) in [4.78, 5) is 28.0. The lowest BCUT2D eigenvalue weighted by Crippen LogP contribution is -2.31. The van der Waals surface area contributed by atoms with E-state index < -0.39 is 17.7 Å². The highest BCUT2D eigenvalue weighted by Gasteiger charge is 2.46. The Morgan fingerprint density at radius 1 is 0.947 bits per heavy atom. The number of hydrogen-bond acceptors (Lipinski definition) is 6. The zero-order valence-electron chi connectivity index (χ0n) is 22.2. The molecule has 198 valence electrons. The Labute approximate surface area is 223 Å². The van der Waals surface area contributed by atoms with E-state index in [0.717, 1.165) is 16.7 Å². The van der Waals surface area contributed by atoms with Crippen LogP contribution in [0.2, 0.25) is 0 Å². The molecule has 0 aromatic heterocycles. The fraction of sp³-hybridized carbons (Fsp3) is 0.290. The van der Waals surface area contributed by atoms with E-state index in [-0.39, 0.29) is 11.3 Å². The SMILES string of the molecule is COCCCN1C(=O)C(=O)/C(=C(/O)c2cc(C)ccc2C)C1c1ccc(OCc2ccccc2)c(OC)c1. The van der Waals surface area contributed by atoms with Gasteiger partial charge in [0.05, 0.1) is 18.7 Å². The van der Waals surface area contributed by atoms with E-state index in [1.165, 1.54) is 4.90 Å². The minimum absolute atomic E-state index is 0.0566. The van der Waals surface area contributed by atoms with Crippen molar-refractivity contribution in [3.05, 3.63) is 100 Å². The molecule has 1 N–H and O–H groups in total. The Balaban J connectivity index is 1.77. The molecule has 7 heteroatoms. The van der Waals surface area contributed by atoms with E-state index in [9.17, 15) is 14.7 Å². The molecule has 0 aliphatic carbocycles. The van der Waals surface area contributed by atoms with Crippen LogP contribution in [0.4, 0.5) is 0 Å². The summed E-state index contributed by atoms with van der Waals surface area (Å²) in [5.74, 6) is -0.554.